The third-order valence-corrected chi connectivity index (χ3v) is 7.98. The molecule has 0 aromatic rings. The van der Waals surface area contributed by atoms with Gasteiger partial charge in [0.2, 0.25) is 17.7 Å². The predicted molar refractivity (Wildman–Crippen MR) is 123 cm³/mol. The fraction of sp³-hybridized carbons (Fsp3) is 0.760. The van der Waals surface area contributed by atoms with Crippen molar-refractivity contribution in [3.63, 3.8) is 0 Å². The summed E-state index contributed by atoms with van der Waals surface area (Å²) < 4.78 is 38.9. The Labute approximate surface area is 208 Å². The van der Waals surface area contributed by atoms with Crippen molar-refractivity contribution in [1.29, 1.82) is 0 Å². The van der Waals surface area contributed by atoms with Gasteiger partial charge < -0.3 is 20.9 Å². The average molecular weight is 511 g/mol. The van der Waals surface area contributed by atoms with Gasteiger partial charge in [0.1, 0.15) is 12.1 Å². The summed E-state index contributed by atoms with van der Waals surface area (Å²) in [5, 5.41) is 7.61. The number of hydrogen-bond acceptors (Lipinski definition) is 4. The molecule has 2 aliphatic carbocycles. The lowest BCUT2D eigenvalue weighted by Crippen LogP contribution is -2.59. The van der Waals surface area contributed by atoms with Crippen LogP contribution in [0.1, 0.15) is 65.7 Å². The molecular weight excluding hydrogens is 477 g/mol. The molecule has 8 nitrogen and oxygen atoms in total. The van der Waals surface area contributed by atoms with Crippen LogP contribution < -0.4 is 16.0 Å². The van der Waals surface area contributed by atoms with Crippen molar-refractivity contribution in [3.8, 4) is 12.3 Å². The average Bonchev–Trinajstić information content (AvgIpc) is 3.62. The highest BCUT2D eigenvalue weighted by molar-refractivity contribution is 5.94. The van der Waals surface area contributed by atoms with Crippen molar-refractivity contribution in [2.24, 2.45) is 16.7 Å². The first-order valence-corrected chi connectivity index (χ1v) is 12.3. The van der Waals surface area contributed by atoms with Crippen LogP contribution in [-0.2, 0) is 19.2 Å². The van der Waals surface area contributed by atoms with Gasteiger partial charge >= 0.3 is 12.1 Å². The van der Waals surface area contributed by atoms with E-state index in [2.05, 4.69) is 16.6 Å². The first kappa shape index (κ1) is 26.3. The zero-order valence-electron chi connectivity index (χ0n) is 20.8. The zero-order chi connectivity index (χ0) is 26.7. The second-order valence-electron chi connectivity index (χ2n) is 12.1. The molecule has 2 saturated carbocycles. The number of terminal acetylenes is 1. The summed E-state index contributed by atoms with van der Waals surface area (Å²) in [5.74, 6) is -1.29. The van der Waals surface area contributed by atoms with Gasteiger partial charge in [-0.1, -0.05) is 26.7 Å². The van der Waals surface area contributed by atoms with Crippen molar-refractivity contribution in [2.45, 2.75) is 95.6 Å². The van der Waals surface area contributed by atoms with Crippen molar-refractivity contribution in [2.75, 3.05) is 6.54 Å². The van der Waals surface area contributed by atoms with Gasteiger partial charge in [-0.05, 0) is 55.8 Å². The minimum atomic E-state index is -5.14. The molecule has 2 spiro atoms. The lowest BCUT2D eigenvalue weighted by Gasteiger charge is -2.35. The van der Waals surface area contributed by atoms with E-state index in [0.717, 1.165) is 25.7 Å². The van der Waals surface area contributed by atoms with Crippen LogP contribution in [0.3, 0.4) is 0 Å². The standard InChI is InChI=1S/C25H33F3N4O4/c1-5-15(10-14-11-24(8-9-24)31-18(14)33)29-19(34)16-12-23(6-7-23)13-32(16)20(35)17(22(2,3)4)30-21(36)25(26,27)28/h1,14-17H,6-13H2,2-4H3,(H,29,34)(H,30,36)(H,31,33). The third kappa shape index (κ3) is 5.32. The Kier molecular flexibility index (Phi) is 6.33. The predicted octanol–water partition coefficient (Wildman–Crippen LogP) is 1.64. The molecule has 11 heteroatoms. The molecule has 198 valence electrons. The number of amides is 4. The summed E-state index contributed by atoms with van der Waals surface area (Å²) in [6.07, 6.45) is 5.30. The maximum Gasteiger partial charge on any atom is 0.471 e. The van der Waals surface area contributed by atoms with Crippen molar-refractivity contribution in [3.05, 3.63) is 0 Å². The Morgan fingerprint density at radius 3 is 2.25 bits per heavy atom. The minimum absolute atomic E-state index is 0.0787. The lowest BCUT2D eigenvalue weighted by molar-refractivity contribution is -0.176. The van der Waals surface area contributed by atoms with E-state index in [1.165, 1.54) is 4.90 Å². The van der Waals surface area contributed by atoms with Crippen LogP contribution in [0.2, 0.25) is 0 Å². The quantitative estimate of drug-likeness (QED) is 0.472. The molecule has 2 aliphatic heterocycles. The van der Waals surface area contributed by atoms with E-state index in [1.807, 2.05) is 5.32 Å². The van der Waals surface area contributed by atoms with Crippen LogP contribution in [0.4, 0.5) is 13.2 Å². The first-order valence-electron chi connectivity index (χ1n) is 12.3. The van der Waals surface area contributed by atoms with Crippen LogP contribution in [0, 0.1) is 29.1 Å². The molecule has 0 aromatic carbocycles. The van der Waals surface area contributed by atoms with Crippen molar-refractivity contribution in [1.82, 2.24) is 20.9 Å². The van der Waals surface area contributed by atoms with Gasteiger partial charge in [0, 0.05) is 18.0 Å². The number of rotatable bonds is 6. The topological polar surface area (TPSA) is 108 Å². The van der Waals surface area contributed by atoms with Crippen molar-refractivity contribution >= 4 is 23.6 Å². The van der Waals surface area contributed by atoms with E-state index in [1.54, 1.807) is 20.8 Å². The van der Waals surface area contributed by atoms with Crippen LogP contribution in [0.5, 0.6) is 0 Å². The van der Waals surface area contributed by atoms with E-state index in [9.17, 15) is 32.3 Å². The van der Waals surface area contributed by atoms with E-state index < -0.39 is 47.4 Å². The molecule has 3 N–H and O–H groups in total. The Morgan fingerprint density at radius 2 is 1.78 bits per heavy atom. The maximum absolute atomic E-state index is 13.5. The van der Waals surface area contributed by atoms with Crippen LogP contribution in [0.25, 0.3) is 0 Å². The zero-order valence-corrected chi connectivity index (χ0v) is 20.8. The number of alkyl halides is 3. The molecule has 4 rings (SSSR count). The minimum Gasteiger partial charge on any atom is -0.350 e. The van der Waals surface area contributed by atoms with Crippen LogP contribution in [-0.4, -0.2) is 64.9 Å². The van der Waals surface area contributed by atoms with Gasteiger partial charge in [-0.3, -0.25) is 19.2 Å². The summed E-state index contributed by atoms with van der Waals surface area (Å²) in [7, 11) is 0. The lowest BCUT2D eigenvalue weighted by atomic mass is 9.85. The van der Waals surface area contributed by atoms with Crippen LogP contribution in [0.15, 0.2) is 0 Å². The Bertz CT molecular complexity index is 1000. The van der Waals surface area contributed by atoms with E-state index in [-0.39, 0.29) is 35.7 Å². The molecule has 4 unspecified atom stereocenters. The number of halogens is 3. The number of carbonyl (C=O) groups is 4. The SMILES string of the molecule is C#CC(CC1CC2(CC2)NC1=O)NC(=O)C1CC2(CC2)CN1C(=O)C(NC(=O)C(F)(F)F)C(C)(C)C. The number of carbonyl (C=O) groups excluding carboxylic acids is 4. The summed E-state index contributed by atoms with van der Waals surface area (Å²) in [4.78, 5) is 52.1. The highest BCUT2D eigenvalue weighted by Crippen LogP contribution is 2.55. The molecule has 36 heavy (non-hydrogen) atoms. The van der Waals surface area contributed by atoms with Gasteiger partial charge in [0.25, 0.3) is 0 Å². The molecule has 2 heterocycles. The highest BCUT2D eigenvalue weighted by Gasteiger charge is 2.57. The van der Waals surface area contributed by atoms with E-state index in [4.69, 9.17) is 6.42 Å². The number of likely N-dealkylation sites (tertiary alicyclic amines) is 1. The largest absolute Gasteiger partial charge is 0.471 e. The van der Waals surface area contributed by atoms with Gasteiger partial charge in [0.05, 0.1) is 6.04 Å². The maximum atomic E-state index is 13.5. The second-order valence-corrected chi connectivity index (χ2v) is 12.1. The molecule has 0 aromatic heterocycles. The van der Waals surface area contributed by atoms with E-state index in [0.29, 0.717) is 12.8 Å². The Hall–Kier alpha value is -2.77. The summed E-state index contributed by atoms with van der Waals surface area (Å²) in [6.45, 7) is 4.89. The normalized spacial score (nSPS) is 27.2. The smallest absolute Gasteiger partial charge is 0.350 e. The fourth-order valence-electron chi connectivity index (χ4n) is 5.46. The number of nitrogens with one attached hydrogen (secondary N) is 3. The number of hydrogen-bond donors (Lipinski definition) is 3. The van der Waals surface area contributed by atoms with Gasteiger partial charge in [-0.25, -0.2) is 0 Å². The molecule has 4 atom stereocenters. The molecule has 4 fully saturated rings. The summed E-state index contributed by atoms with van der Waals surface area (Å²) in [6, 6.07) is -3.12. The van der Waals surface area contributed by atoms with Crippen LogP contribution >= 0.6 is 0 Å². The first-order chi connectivity index (χ1) is 16.6. The van der Waals surface area contributed by atoms with Gasteiger partial charge in [-0.15, -0.1) is 6.42 Å². The Balaban J connectivity index is 1.47. The monoisotopic (exact) mass is 510 g/mol. The Morgan fingerprint density at radius 1 is 1.14 bits per heavy atom. The third-order valence-electron chi connectivity index (χ3n) is 7.98. The molecule has 4 amide bonds. The second kappa shape index (κ2) is 8.67. The fourth-order valence-corrected chi connectivity index (χ4v) is 5.46. The van der Waals surface area contributed by atoms with E-state index >= 15 is 0 Å². The van der Waals surface area contributed by atoms with Crippen molar-refractivity contribution < 1.29 is 32.3 Å². The molecule has 0 bridgehead atoms. The molecular formula is C25H33F3N4O4. The summed E-state index contributed by atoms with van der Waals surface area (Å²) >= 11 is 0. The van der Waals surface area contributed by atoms with Gasteiger partial charge in [0.15, 0.2) is 0 Å². The molecule has 4 aliphatic rings. The molecule has 0 radical (unpaired) electrons. The van der Waals surface area contributed by atoms with Gasteiger partial charge in [-0.2, -0.15) is 13.2 Å². The molecule has 2 saturated heterocycles. The summed E-state index contributed by atoms with van der Waals surface area (Å²) in [5.41, 5.74) is -1.40. The highest BCUT2D eigenvalue weighted by atomic mass is 19.4. The number of nitrogens with zero attached hydrogens (tertiary/aromatic N) is 1.